The van der Waals surface area contributed by atoms with E-state index in [2.05, 4.69) is 4.74 Å². The predicted molar refractivity (Wildman–Crippen MR) is 82.3 cm³/mol. The molecule has 1 aromatic carbocycles. The van der Waals surface area contributed by atoms with Crippen molar-refractivity contribution < 1.29 is 27.7 Å². The summed E-state index contributed by atoms with van der Waals surface area (Å²) >= 11 is 0. The van der Waals surface area contributed by atoms with Gasteiger partial charge in [-0.05, 0) is 44.5 Å². The number of hydrogen-bond donors (Lipinski definition) is 1. The summed E-state index contributed by atoms with van der Waals surface area (Å²) in [4.78, 5) is 0.249. The van der Waals surface area contributed by atoms with Gasteiger partial charge in [-0.1, -0.05) is 31.3 Å². The smallest absolute Gasteiger partial charge is 0.118 e. The van der Waals surface area contributed by atoms with Crippen LogP contribution >= 0.6 is 0 Å². The van der Waals surface area contributed by atoms with Crippen LogP contribution < -0.4 is 4.74 Å². The first-order chi connectivity index (χ1) is 14.7. The lowest BCUT2D eigenvalue weighted by atomic mass is 9.72. The molecule has 0 amide bonds. The first kappa shape index (κ1) is 5.62. The van der Waals surface area contributed by atoms with Gasteiger partial charge < -0.3 is 14.7 Å². The van der Waals surface area contributed by atoms with E-state index in [4.69, 9.17) is 16.4 Å². The van der Waals surface area contributed by atoms with Gasteiger partial charge in [0.05, 0.1) is 22.2 Å². The van der Waals surface area contributed by atoms with Crippen molar-refractivity contribution in [3.8, 4) is 5.75 Å². The highest BCUT2D eigenvalue weighted by Crippen LogP contribution is 2.40. The molecule has 0 bridgehead atoms. The third-order valence-corrected chi connectivity index (χ3v) is 3.38. The Morgan fingerprint density at radius 1 is 1.45 bits per heavy atom. The first-order valence-corrected chi connectivity index (χ1v) is 6.48. The number of ether oxygens (including phenoxy) is 1. The lowest BCUT2D eigenvalue weighted by Gasteiger charge is -2.40. The molecule has 0 saturated heterocycles. The van der Waals surface area contributed by atoms with E-state index in [1.165, 1.54) is 0 Å². The molecule has 1 aromatic rings. The van der Waals surface area contributed by atoms with Gasteiger partial charge in [-0.2, -0.15) is 0 Å². The predicted octanol–water partition coefficient (Wildman–Crippen LogP) is 3.04. The summed E-state index contributed by atoms with van der Waals surface area (Å²) in [5, 5.41) is 11.5. The first-order valence-electron chi connectivity index (χ1n) is 13.0. The second kappa shape index (κ2) is 6.59. The summed E-state index contributed by atoms with van der Waals surface area (Å²) < 4.78 is 109. The molecule has 1 aliphatic carbocycles. The maximum Gasteiger partial charge on any atom is 0.118 e. The van der Waals surface area contributed by atoms with Gasteiger partial charge >= 0.3 is 0 Å². The second-order valence-corrected chi connectivity index (χ2v) is 4.94. The van der Waals surface area contributed by atoms with E-state index in [0.717, 1.165) is 7.05 Å². The number of likely N-dealkylation sites (N-methyl/N-ethyl adjacent to an activating group) is 1. The van der Waals surface area contributed by atoms with Crippen LogP contribution in [0.3, 0.4) is 0 Å². The van der Waals surface area contributed by atoms with E-state index in [1.807, 2.05) is 0 Å². The molecular formula is C17H27NO2. The van der Waals surface area contributed by atoms with Gasteiger partial charge in [0, 0.05) is 20.6 Å². The molecule has 0 aliphatic heterocycles. The summed E-state index contributed by atoms with van der Waals surface area (Å²) in [5.41, 5.74) is -3.12. The van der Waals surface area contributed by atoms with Crippen LogP contribution in [0.25, 0.3) is 0 Å². The Kier molecular flexibility index (Phi) is 1.85. The fourth-order valence-electron chi connectivity index (χ4n) is 2.42. The topological polar surface area (TPSA) is 32.7 Å². The third-order valence-electron chi connectivity index (χ3n) is 3.38. The van der Waals surface area contributed by atoms with Crippen molar-refractivity contribution in [2.75, 3.05) is 27.6 Å². The minimum Gasteiger partial charge on any atom is -0.497 e. The van der Waals surface area contributed by atoms with E-state index in [-0.39, 0.29) is 17.7 Å². The number of rotatable bonds is 5. The molecule has 3 nitrogen and oxygen atoms in total. The van der Waals surface area contributed by atoms with Crippen LogP contribution in [-0.4, -0.2) is 43.2 Å². The van der Waals surface area contributed by atoms with Crippen molar-refractivity contribution in [1.29, 1.82) is 0 Å². The molecule has 1 atom stereocenters. The van der Waals surface area contributed by atoms with Crippen molar-refractivity contribution in [2.24, 2.45) is 0 Å². The molecule has 0 spiro atoms. The summed E-state index contributed by atoms with van der Waals surface area (Å²) in [5.74, 6) is -3.92. The van der Waals surface area contributed by atoms with Crippen molar-refractivity contribution in [2.45, 2.75) is 43.6 Å². The van der Waals surface area contributed by atoms with Gasteiger partial charge in [-0.3, -0.25) is 0 Å². The molecule has 0 aromatic heterocycles. The molecule has 2 rings (SSSR count). The van der Waals surface area contributed by atoms with Crippen molar-refractivity contribution >= 4 is 0 Å². The van der Waals surface area contributed by atoms with Crippen LogP contribution in [0.5, 0.6) is 5.75 Å². The van der Waals surface area contributed by atoms with Crippen LogP contribution in [0.15, 0.2) is 24.2 Å². The van der Waals surface area contributed by atoms with Crippen LogP contribution in [0, 0.1) is 0 Å². The van der Waals surface area contributed by atoms with Gasteiger partial charge in [0.1, 0.15) is 5.75 Å². The number of nitrogens with zero attached hydrogens (tertiary/aromatic N) is 1. The van der Waals surface area contributed by atoms with Crippen molar-refractivity contribution in [1.82, 2.24) is 4.90 Å². The fraction of sp³-hybridized carbons (Fsp3) is 0.647. The average molecular weight is 290 g/mol. The second-order valence-electron chi connectivity index (χ2n) is 4.94. The highest BCUT2D eigenvalue weighted by molar-refractivity contribution is 5.31. The summed E-state index contributed by atoms with van der Waals surface area (Å²) in [6.45, 7) is -6.27. The van der Waals surface area contributed by atoms with Crippen LogP contribution in [-0.2, 0) is 0 Å². The van der Waals surface area contributed by atoms with Gasteiger partial charge in [-0.25, -0.2) is 0 Å². The van der Waals surface area contributed by atoms with Crippen LogP contribution in [0.1, 0.15) is 61.4 Å². The molecule has 20 heavy (non-hydrogen) atoms. The largest absolute Gasteiger partial charge is 0.497 e. The lowest BCUT2D eigenvalue weighted by Crippen LogP contribution is -2.42. The Hall–Kier alpha value is -1.06. The van der Waals surface area contributed by atoms with E-state index >= 15 is 0 Å². The SMILES string of the molecule is [2H]c1c([2H])c(C([2H])(C2(O)CCCCC2)C([2H])([2H])N(C)C([2H])([2H])[2H])c([2H])c([2H])c1OC([2H])([2H])[2H]. The molecule has 1 saturated carbocycles. The molecule has 0 heterocycles. The Labute approximate surface area is 140 Å². The van der Waals surface area contributed by atoms with E-state index < -0.39 is 67.5 Å². The highest BCUT2D eigenvalue weighted by Gasteiger charge is 2.38. The minimum absolute atomic E-state index is 0.141. The Bertz CT molecular complexity index is 863. The Morgan fingerprint density at radius 3 is 2.75 bits per heavy atom. The summed E-state index contributed by atoms with van der Waals surface area (Å²) in [6.07, 6.45) is 1.12. The molecule has 1 aliphatic rings. The standard InChI is InChI=1S/C17H27NO2/c1-18(2)13-16(17(19)11-5-4-6-12-17)14-7-9-15(20-3)10-8-14/h7-10,16,19H,4-6,11-13H2,1-3H3/i1D3,3D3,7D,8D,9D,10D,13D2,16D. The van der Waals surface area contributed by atoms with Gasteiger partial charge in [0.25, 0.3) is 0 Å². The summed E-state index contributed by atoms with van der Waals surface area (Å²) in [7, 11) is -2.23. The zero-order valence-electron chi connectivity index (χ0n) is 24.3. The summed E-state index contributed by atoms with van der Waals surface area (Å²) in [6, 6.07) is -3.95. The fourth-order valence-corrected chi connectivity index (χ4v) is 2.42. The number of benzene rings is 1. The Morgan fingerprint density at radius 2 is 2.15 bits per heavy atom. The monoisotopic (exact) mass is 290 g/mol. The maximum absolute atomic E-state index is 11.5. The van der Waals surface area contributed by atoms with Gasteiger partial charge in [0.15, 0.2) is 0 Å². The van der Waals surface area contributed by atoms with E-state index in [1.54, 1.807) is 0 Å². The number of hydrogen-bond acceptors (Lipinski definition) is 3. The highest BCUT2D eigenvalue weighted by atomic mass is 16.5. The lowest BCUT2D eigenvalue weighted by molar-refractivity contribution is -0.0277. The van der Waals surface area contributed by atoms with E-state index in [0.29, 0.717) is 19.3 Å². The normalized spacial score (nSPS) is 32.9. The number of aliphatic hydroxyl groups is 1. The minimum atomic E-state index is -3.21. The Balaban J connectivity index is 2.95. The van der Waals surface area contributed by atoms with Crippen LogP contribution in [0.2, 0.25) is 0 Å². The van der Waals surface area contributed by atoms with E-state index in [9.17, 15) is 6.48 Å². The molecule has 112 valence electrons. The molecule has 1 unspecified atom stereocenters. The molecular weight excluding hydrogens is 250 g/mol. The van der Waals surface area contributed by atoms with Crippen molar-refractivity contribution in [3.05, 3.63) is 29.7 Å². The molecule has 0 radical (unpaired) electrons. The number of methoxy groups -OCH3 is 1. The molecule has 1 N–H and O–H groups in total. The maximum atomic E-state index is 11.5. The van der Waals surface area contributed by atoms with Gasteiger partial charge in [0.2, 0.25) is 0 Å². The zero-order chi connectivity index (χ0) is 25.8. The quantitative estimate of drug-likeness (QED) is 0.905. The van der Waals surface area contributed by atoms with Gasteiger partial charge in [-0.15, -0.1) is 0 Å². The average Bonchev–Trinajstić information content (AvgIpc) is 2.68. The zero-order valence-corrected chi connectivity index (χ0v) is 11.3. The molecule has 3 heteroatoms. The third kappa shape index (κ3) is 3.53. The van der Waals surface area contributed by atoms with Crippen LogP contribution in [0.4, 0.5) is 0 Å². The molecule has 1 fully saturated rings. The van der Waals surface area contributed by atoms with Crippen molar-refractivity contribution in [3.63, 3.8) is 0 Å².